The lowest BCUT2D eigenvalue weighted by molar-refractivity contribution is -0.116. The number of anilines is 1. The molecule has 154 valence electrons. The molecule has 1 aliphatic carbocycles. The number of amides is 2. The van der Waals surface area contributed by atoms with Crippen molar-refractivity contribution in [2.75, 3.05) is 18.0 Å². The van der Waals surface area contributed by atoms with Crippen LogP contribution in [0.1, 0.15) is 46.8 Å². The van der Waals surface area contributed by atoms with Gasteiger partial charge in [-0.3, -0.25) is 9.59 Å². The topological polar surface area (TPSA) is 75.4 Å². The molecule has 1 saturated heterocycles. The highest BCUT2D eigenvalue weighted by Gasteiger charge is 2.32. The molecule has 1 aliphatic heterocycles. The van der Waals surface area contributed by atoms with Gasteiger partial charge in [0, 0.05) is 30.3 Å². The van der Waals surface area contributed by atoms with Crippen LogP contribution in [-0.2, 0) is 11.2 Å². The zero-order chi connectivity index (χ0) is 21.4. The Morgan fingerprint density at radius 1 is 1.30 bits per heavy atom. The van der Waals surface area contributed by atoms with Crippen molar-refractivity contribution in [2.45, 2.75) is 39.2 Å². The van der Waals surface area contributed by atoms with Crippen LogP contribution in [0.15, 0.2) is 24.3 Å². The fourth-order valence-corrected chi connectivity index (χ4v) is 4.62. The summed E-state index contributed by atoms with van der Waals surface area (Å²) in [6, 6.07) is 7.21. The summed E-state index contributed by atoms with van der Waals surface area (Å²) >= 11 is 0. The minimum Gasteiger partial charge on any atom is -0.367 e. The Balaban J connectivity index is 1.78. The van der Waals surface area contributed by atoms with Gasteiger partial charge in [0.1, 0.15) is 5.82 Å². The molecule has 0 spiro atoms. The number of benzene rings is 2. The molecule has 2 aromatic carbocycles. The Bertz CT molecular complexity index is 1110. The monoisotopic (exact) mass is 405 g/mol. The van der Waals surface area contributed by atoms with Gasteiger partial charge < -0.3 is 16.0 Å². The van der Waals surface area contributed by atoms with Gasteiger partial charge in [-0.25, -0.2) is 4.39 Å². The Hall–Kier alpha value is -3.33. The van der Waals surface area contributed by atoms with Crippen LogP contribution in [0, 0.1) is 24.6 Å². The van der Waals surface area contributed by atoms with E-state index in [4.69, 9.17) is 5.73 Å². The molecular weight excluding hydrogens is 381 g/mol. The third-order valence-electron chi connectivity index (χ3n) is 5.84. The van der Waals surface area contributed by atoms with Crippen molar-refractivity contribution in [2.24, 2.45) is 5.73 Å². The number of piperidine rings is 1. The number of fused-ring (bicyclic) bond motifs is 3. The lowest BCUT2D eigenvalue weighted by Gasteiger charge is -2.36. The highest BCUT2D eigenvalue weighted by Crippen LogP contribution is 2.46. The number of primary amides is 1. The second-order valence-electron chi connectivity index (χ2n) is 7.94. The van der Waals surface area contributed by atoms with Crippen LogP contribution in [0.4, 0.5) is 10.1 Å². The average molecular weight is 405 g/mol. The Morgan fingerprint density at radius 3 is 2.83 bits per heavy atom. The minimum atomic E-state index is -0.622. The number of carbonyl (C=O) groups is 2. The lowest BCUT2D eigenvalue weighted by atomic mass is 9.95. The summed E-state index contributed by atoms with van der Waals surface area (Å²) in [5.41, 5.74) is 10.9. The highest BCUT2D eigenvalue weighted by atomic mass is 19.1. The number of halogens is 1. The van der Waals surface area contributed by atoms with Crippen LogP contribution in [-0.4, -0.2) is 30.9 Å². The second kappa shape index (κ2) is 7.83. The van der Waals surface area contributed by atoms with E-state index in [1.165, 1.54) is 6.07 Å². The van der Waals surface area contributed by atoms with Gasteiger partial charge >= 0.3 is 0 Å². The van der Waals surface area contributed by atoms with Crippen molar-refractivity contribution >= 4 is 17.5 Å². The van der Waals surface area contributed by atoms with E-state index in [1.807, 2.05) is 24.0 Å². The maximum atomic E-state index is 15.4. The fourth-order valence-electron chi connectivity index (χ4n) is 4.62. The molecule has 1 fully saturated rings. The Labute approximate surface area is 175 Å². The van der Waals surface area contributed by atoms with E-state index in [0.717, 1.165) is 40.7 Å². The number of nitrogens with one attached hydrogen (secondary N) is 1. The number of rotatable bonds is 3. The summed E-state index contributed by atoms with van der Waals surface area (Å²) in [5.74, 6) is 3.69. The van der Waals surface area contributed by atoms with Gasteiger partial charge in [0.05, 0.1) is 5.69 Å². The van der Waals surface area contributed by atoms with Gasteiger partial charge in [-0.2, -0.15) is 0 Å². The van der Waals surface area contributed by atoms with Crippen LogP contribution >= 0.6 is 0 Å². The Kier molecular flexibility index (Phi) is 5.21. The van der Waals surface area contributed by atoms with Gasteiger partial charge in [0.25, 0.3) is 5.91 Å². The van der Waals surface area contributed by atoms with Crippen LogP contribution < -0.4 is 16.0 Å². The predicted molar refractivity (Wildman–Crippen MR) is 115 cm³/mol. The summed E-state index contributed by atoms with van der Waals surface area (Å²) in [6.45, 7) is 4.78. The highest BCUT2D eigenvalue weighted by molar-refractivity contribution is 6.01. The fraction of sp³-hybridized carbons (Fsp3) is 0.333. The quantitative estimate of drug-likeness (QED) is 0.658. The number of carbonyl (C=O) groups excluding carboxylic acids is 2. The van der Waals surface area contributed by atoms with Crippen molar-refractivity contribution in [3.05, 3.63) is 52.3 Å². The van der Waals surface area contributed by atoms with E-state index in [2.05, 4.69) is 23.2 Å². The van der Waals surface area contributed by atoms with Crippen molar-refractivity contribution in [1.82, 2.24) is 5.32 Å². The summed E-state index contributed by atoms with van der Waals surface area (Å²) in [7, 11) is 0. The van der Waals surface area contributed by atoms with Crippen LogP contribution in [0.5, 0.6) is 0 Å². The molecule has 0 bridgehead atoms. The Morgan fingerprint density at radius 2 is 2.10 bits per heavy atom. The number of nitrogens with two attached hydrogens (primary N) is 1. The number of aryl methyl sites for hydroxylation is 1. The summed E-state index contributed by atoms with van der Waals surface area (Å²) < 4.78 is 15.4. The first-order valence-electron chi connectivity index (χ1n) is 10.1. The molecular formula is C24H24FN3O2. The van der Waals surface area contributed by atoms with Crippen LogP contribution in [0.25, 0.3) is 11.1 Å². The molecule has 0 saturated carbocycles. The molecule has 0 radical (unpaired) electrons. The van der Waals surface area contributed by atoms with Crippen LogP contribution in [0.2, 0.25) is 0 Å². The van der Waals surface area contributed by atoms with E-state index in [9.17, 15) is 9.59 Å². The van der Waals surface area contributed by atoms with Gasteiger partial charge in [0.2, 0.25) is 5.91 Å². The summed E-state index contributed by atoms with van der Waals surface area (Å²) in [5, 5.41) is 2.91. The molecule has 1 heterocycles. The number of hydrogen-bond acceptors (Lipinski definition) is 3. The van der Waals surface area contributed by atoms with Gasteiger partial charge in [-0.05, 0) is 61.8 Å². The van der Waals surface area contributed by atoms with Gasteiger partial charge in [0.15, 0.2) is 0 Å². The van der Waals surface area contributed by atoms with Crippen molar-refractivity contribution < 1.29 is 14.0 Å². The van der Waals surface area contributed by atoms with Gasteiger partial charge in [-0.15, -0.1) is 0 Å². The number of nitrogens with zero attached hydrogens (tertiary/aromatic N) is 1. The average Bonchev–Trinajstić information content (AvgIpc) is 3.05. The molecule has 6 heteroatoms. The first-order valence-corrected chi connectivity index (χ1v) is 10.1. The zero-order valence-electron chi connectivity index (χ0n) is 17.1. The molecule has 2 aliphatic rings. The lowest BCUT2D eigenvalue weighted by Crippen LogP contribution is -2.48. The SMILES string of the molecule is CC#CC(=O)N[C@H]1CCCN(c2c(F)cc(C(N)=O)c3c2-c2ccc(C)cc2C3)C1. The predicted octanol–water partition coefficient (Wildman–Crippen LogP) is 2.91. The molecule has 3 N–H and O–H groups in total. The van der Waals surface area contributed by atoms with E-state index in [-0.39, 0.29) is 17.5 Å². The first-order chi connectivity index (χ1) is 14.4. The molecule has 5 nitrogen and oxygen atoms in total. The third-order valence-corrected chi connectivity index (χ3v) is 5.84. The normalized spacial score (nSPS) is 16.9. The molecule has 1 atom stereocenters. The molecule has 2 amide bonds. The molecule has 2 aromatic rings. The summed E-state index contributed by atoms with van der Waals surface area (Å²) in [6.07, 6.45) is 2.18. The minimum absolute atomic E-state index is 0.114. The standard InChI is InChI=1S/C24H24FN3O2/c1-3-5-21(29)27-16-6-4-9-28(13-16)23-20(25)12-19(24(26)30)18-11-15-10-14(2)7-8-17(15)22(18)23/h7-8,10,12,16H,4,6,9,11,13H2,1-2H3,(H2,26,30)(H,27,29)/t16-/m0/s1. The zero-order valence-corrected chi connectivity index (χ0v) is 17.1. The summed E-state index contributed by atoms with van der Waals surface area (Å²) in [4.78, 5) is 25.9. The van der Waals surface area contributed by atoms with E-state index < -0.39 is 11.7 Å². The molecule has 4 rings (SSSR count). The van der Waals surface area contributed by atoms with E-state index in [0.29, 0.717) is 25.2 Å². The van der Waals surface area contributed by atoms with Crippen LogP contribution in [0.3, 0.4) is 0 Å². The first kappa shape index (κ1) is 20.0. The van der Waals surface area contributed by atoms with E-state index in [1.54, 1.807) is 6.92 Å². The van der Waals surface area contributed by atoms with Gasteiger partial charge in [-0.1, -0.05) is 29.7 Å². The molecule has 0 aromatic heterocycles. The van der Waals surface area contributed by atoms with Crippen molar-refractivity contribution in [3.8, 4) is 23.0 Å². The largest absolute Gasteiger partial charge is 0.367 e. The van der Waals surface area contributed by atoms with E-state index >= 15 is 4.39 Å². The molecule has 0 unspecified atom stereocenters. The second-order valence-corrected chi connectivity index (χ2v) is 7.94. The van der Waals surface area contributed by atoms with Crippen molar-refractivity contribution in [1.29, 1.82) is 0 Å². The molecule has 30 heavy (non-hydrogen) atoms. The smallest absolute Gasteiger partial charge is 0.296 e. The van der Waals surface area contributed by atoms with Crippen molar-refractivity contribution in [3.63, 3.8) is 0 Å². The third kappa shape index (κ3) is 3.52. The number of hydrogen-bond donors (Lipinski definition) is 2. The maximum Gasteiger partial charge on any atom is 0.296 e. The maximum absolute atomic E-state index is 15.4.